The summed E-state index contributed by atoms with van der Waals surface area (Å²) in [6, 6.07) is 4.27. The number of nitrogens with two attached hydrogens (primary N) is 1. The zero-order valence-corrected chi connectivity index (χ0v) is 11.6. The number of aromatic nitrogens is 3. The van der Waals surface area contributed by atoms with Gasteiger partial charge in [0, 0.05) is 12.7 Å². The van der Waals surface area contributed by atoms with Gasteiger partial charge in [0.15, 0.2) is 5.82 Å². The number of nitrogen functional groups attached to an aromatic ring is 1. The summed E-state index contributed by atoms with van der Waals surface area (Å²) >= 11 is 5.86. The van der Waals surface area contributed by atoms with E-state index in [0.29, 0.717) is 11.5 Å². The highest BCUT2D eigenvalue weighted by atomic mass is 35.5. The Bertz CT molecular complexity index is 698. The van der Waals surface area contributed by atoms with Crippen LogP contribution in [0.3, 0.4) is 0 Å². The minimum Gasteiger partial charge on any atom is -0.399 e. The molecule has 2 aromatic rings. The van der Waals surface area contributed by atoms with Gasteiger partial charge in [-0.1, -0.05) is 11.6 Å². The number of rotatable bonds is 4. The van der Waals surface area contributed by atoms with Crippen molar-refractivity contribution in [3.63, 3.8) is 0 Å². The number of nitrogens with zero attached hydrogens (tertiary/aromatic N) is 3. The Morgan fingerprint density at radius 2 is 2.21 bits per heavy atom. The van der Waals surface area contributed by atoms with Gasteiger partial charge in [0.25, 0.3) is 0 Å². The van der Waals surface area contributed by atoms with E-state index in [4.69, 9.17) is 17.3 Å². The van der Waals surface area contributed by atoms with Gasteiger partial charge in [-0.15, -0.1) is 0 Å². The molecule has 1 heterocycles. The maximum Gasteiger partial charge on any atom is 0.242 e. The summed E-state index contributed by atoms with van der Waals surface area (Å²) in [6.45, 7) is -0.0195. The van der Waals surface area contributed by atoms with Crippen LogP contribution in [0.2, 0.25) is 5.02 Å². The van der Waals surface area contributed by atoms with E-state index < -0.39 is 10.0 Å². The summed E-state index contributed by atoms with van der Waals surface area (Å²) in [5.41, 5.74) is 5.88. The molecule has 0 amide bonds. The van der Waals surface area contributed by atoms with Crippen molar-refractivity contribution in [3.8, 4) is 0 Å². The standard InChI is InChI=1S/C10H12ClN5O2S/c1-16-6-13-10(15-16)5-14-19(17,18)9-4-7(12)2-3-8(9)11/h2-4,6,14H,5,12H2,1H3. The molecular weight excluding hydrogens is 290 g/mol. The van der Waals surface area contributed by atoms with Gasteiger partial charge in [-0.05, 0) is 18.2 Å². The van der Waals surface area contributed by atoms with E-state index >= 15 is 0 Å². The zero-order chi connectivity index (χ0) is 14.0. The fourth-order valence-electron chi connectivity index (χ4n) is 1.43. The topological polar surface area (TPSA) is 103 Å². The van der Waals surface area contributed by atoms with E-state index in [1.165, 1.54) is 29.2 Å². The number of nitrogens with one attached hydrogen (secondary N) is 1. The molecule has 0 aliphatic rings. The van der Waals surface area contributed by atoms with E-state index in [2.05, 4.69) is 14.8 Å². The first-order valence-electron chi connectivity index (χ1n) is 5.28. The molecular formula is C10H12ClN5O2S. The Morgan fingerprint density at radius 1 is 1.47 bits per heavy atom. The number of halogens is 1. The van der Waals surface area contributed by atoms with Crippen LogP contribution in [0.15, 0.2) is 29.4 Å². The summed E-state index contributed by atoms with van der Waals surface area (Å²) in [4.78, 5) is 3.86. The highest BCUT2D eigenvalue weighted by molar-refractivity contribution is 7.89. The first-order valence-corrected chi connectivity index (χ1v) is 7.14. The second-order valence-electron chi connectivity index (χ2n) is 3.85. The molecule has 0 atom stereocenters. The normalized spacial score (nSPS) is 11.7. The average Bonchev–Trinajstić information content (AvgIpc) is 2.76. The SMILES string of the molecule is Cn1cnc(CNS(=O)(=O)c2cc(N)ccc2Cl)n1. The smallest absolute Gasteiger partial charge is 0.242 e. The minimum absolute atomic E-state index is 0.0195. The van der Waals surface area contributed by atoms with Crippen molar-refractivity contribution in [2.45, 2.75) is 11.4 Å². The number of hydrogen-bond acceptors (Lipinski definition) is 5. The third kappa shape index (κ3) is 3.22. The molecule has 1 aromatic carbocycles. The van der Waals surface area contributed by atoms with Gasteiger partial charge in [-0.2, -0.15) is 5.10 Å². The van der Waals surface area contributed by atoms with Gasteiger partial charge in [-0.25, -0.2) is 18.1 Å². The summed E-state index contributed by atoms with van der Waals surface area (Å²) < 4.78 is 28.0. The Morgan fingerprint density at radius 3 is 2.84 bits per heavy atom. The molecule has 102 valence electrons. The predicted octanol–water partition coefficient (Wildman–Crippen LogP) is 0.529. The second kappa shape index (κ2) is 5.16. The summed E-state index contributed by atoms with van der Waals surface area (Å²) in [5, 5.41) is 4.08. The van der Waals surface area contributed by atoms with Gasteiger partial charge in [0.2, 0.25) is 10.0 Å². The highest BCUT2D eigenvalue weighted by Crippen LogP contribution is 2.23. The van der Waals surface area contributed by atoms with Crippen molar-refractivity contribution < 1.29 is 8.42 Å². The number of hydrogen-bond donors (Lipinski definition) is 2. The molecule has 9 heteroatoms. The van der Waals surface area contributed by atoms with Gasteiger partial charge < -0.3 is 5.73 Å². The van der Waals surface area contributed by atoms with Crippen LogP contribution in [-0.2, 0) is 23.6 Å². The monoisotopic (exact) mass is 301 g/mol. The van der Waals surface area contributed by atoms with Crippen LogP contribution in [0, 0.1) is 0 Å². The van der Waals surface area contributed by atoms with E-state index in [-0.39, 0.29) is 16.5 Å². The lowest BCUT2D eigenvalue weighted by atomic mass is 10.3. The largest absolute Gasteiger partial charge is 0.399 e. The first kappa shape index (κ1) is 13.8. The van der Waals surface area contributed by atoms with Crippen molar-refractivity contribution in [2.75, 3.05) is 5.73 Å². The number of aryl methyl sites for hydroxylation is 1. The van der Waals surface area contributed by atoms with Crippen LogP contribution in [0.4, 0.5) is 5.69 Å². The van der Waals surface area contributed by atoms with Crippen molar-refractivity contribution in [1.29, 1.82) is 0 Å². The Labute approximate surface area is 115 Å². The molecule has 7 nitrogen and oxygen atoms in total. The maximum absolute atomic E-state index is 12.1. The second-order valence-corrected chi connectivity index (χ2v) is 5.99. The van der Waals surface area contributed by atoms with Crippen LogP contribution in [0.5, 0.6) is 0 Å². The Kier molecular flexibility index (Phi) is 3.74. The number of sulfonamides is 1. The molecule has 19 heavy (non-hydrogen) atoms. The first-order chi connectivity index (χ1) is 8.88. The fraction of sp³-hybridized carbons (Fsp3) is 0.200. The molecule has 0 saturated heterocycles. The van der Waals surface area contributed by atoms with Crippen LogP contribution >= 0.6 is 11.6 Å². The van der Waals surface area contributed by atoms with E-state index in [0.717, 1.165) is 0 Å². The highest BCUT2D eigenvalue weighted by Gasteiger charge is 2.18. The number of anilines is 1. The molecule has 0 fully saturated rings. The Hall–Kier alpha value is -1.64. The molecule has 0 aliphatic carbocycles. The average molecular weight is 302 g/mol. The minimum atomic E-state index is -3.75. The van der Waals surface area contributed by atoms with Crippen molar-refractivity contribution in [3.05, 3.63) is 35.4 Å². The summed E-state index contributed by atoms with van der Waals surface area (Å²) in [5.74, 6) is 0.367. The molecule has 0 aliphatic heterocycles. The molecule has 3 N–H and O–H groups in total. The van der Waals surface area contributed by atoms with Gasteiger partial charge >= 0.3 is 0 Å². The van der Waals surface area contributed by atoms with E-state index in [1.807, 2.05) is 0 Å². The quantitative estimate of drug-likeness (QED) is 0.802. The lowest BCUT2D eigenvalue weighted by molar-refractivity contribution is 0.578. The van der Waals surface area contributed by atoms with E-state index in [1.54, 1.807) is 7.05 Å². The lowest BCUT2D eigenvalue weighted by Gasteiger charge is -2.07. The summed E-state index contributed by atoms with van der Waals surface area (Å²) in [7, 11) is -2.06. The number of benzene rings is 1. The van der Waals surface area contributed by atoms with E-state index in [9.17, 15) is 8.42 Å². The van der Waals surface area contributed by atoms with Gasteiger partial charge in [0.05, 0.1) is 11.6 Å². The summed E-state index contributed by atoms with van der Waals surface area (Å²) in [6.07, 6.45) is 1.48. The zero-order valence-electron chi connectivity index (χ0n) is 10.0. The van der Waals surface area contributed by atoms with Gasteiger partial charge in [-0.3, -0.25) is 4.68 Å². The van der Waals surface area contributed by atoms with Crippen molar-refractivity contribution in [2.24, 2.45) is 7.05 Å². The maximum atomic E-state index is 12.1. The van der Waals surface area contributed by atoms with Crippen LogP contribution in [-0.4, -0.2) is 23.2 Å². The van der Waals surface area contributed by atoms with Crippen molar-refractivity contribution >= 4 is 27.3 Å². The molecule has 0 radical (unpaired) electrons. The lowest BCUT2D eigenvalue weighted by Crippen LogP contribution is -2.24. The molecule has 0 spiro atoms. The predicted molar refractivity (Wildman–Crippen MR) is 70.9 cm³/mol. The molecule has 0 saturated carbocycles. The molecule has 0 bridgehead atoms. The molecule has 0 unspecified atom stereocenters. The Balaban J connectivity index is 2.20. The third-order valence-electron chi connectivity index (χ3n) is 2.31. The van der Waals surface area contributed by atoms with Gasteiger partial charge in [0.1, 0.15) is 11.2 Å². The third-order valence-corrected chi connectivity index (χ3v) is 4.19. The van der Waals surface area contributed by atoms with Crippen LogP contribution in [0.25, 0.3) is 0 Å². The fourth-order valence-corrected chi connectivity index (χ4v) is 2.94. The molecule has 2 rings (SSSR count). The molecule has 1 aromatic heterocycles. The van der Waals surface area contributed by atoms with Crippen LogP contribution in [0.1, 0.15) is 5.82 Å². The van der Waals surface area contributed by atoms with Crippen LogP contribution < -0.4 is 10.5 Å². The van der Waals surface area contributed by atoms with Crippen molar-refractivity contribution in [1.82, 2.24) is 19.5 Å².